The van der Waals surface area contributed by atoms with Gasteiger partial charge in [0.15, 0.2) is 0 Å². The number of hydrogen-bond donors (Lipinski definition) is 0. The summed E-state index contributed by atoms with van der Waals surface area (Å²) in [6, 6.07) is 0. The van der Waals surface area contributed by atoms with Gasteiger partial charge in [-0.25, -0.2) is 4.79 Å². The predicted molar refractivity (Wildman–Crippen MR) is 56.0 cm³/mol. The van der Waals surface area contributed by atoms with E-state index in [1.807, 2.05) is 0 Å². The first-order valence-electron chi connectivity index (χ1n) is 4.61. The highest BCUT2D eigenvalue weighted by Gasteiger charge is 2.12. The zero-order chi connectivity index (χ0) is 11.7. The quantitative estimate of drug-likeness (QED) is 0.662. The second-order valence-electron chi connectivity index (χ2n) is 3.66. The maximum absolute atomic E-state index is 11.6. The zero-order valence-electron chi connectivity index (χ0n) is 9.33. The Bertz CT molecular complexity index is 485. The van der Waals surface area contributed by atoms with Crippen molar-refractivity contribution in [3.63, 3.8) is 0 Å². The molecular weight excluding hydrogens is 196 g/mol. The molecule has 0 radical (unpaired) electrons. The molecule has 1 aromatic heterocycles. The molecule has 0 unspecified atom stereocenters. The second kappa shape index (κ2) is 3.84. The van der Waals surface area contributed by atoms with Gasteiger partial charge in [-0.05, 0) is 13.8 Å². The summed E-state index contributed by atoms with van der Waals surface area (Å²) in [5, 5.41) is 0. The lowest BCUT2D eigenvalue weighted by Crippen LogP contribution is -2.40. The maximum atomic E-state index is 11.6. The fraction of sp³-hybridized carbons (Fsp3) is 0.500. The van der Waals surface area contributed by atoms with Crippen molar-refractivity contribution in [1.29, 1.82) is 0 Å². The summed E-state index contributed by atoms with van der Waals surface area (Å²) in [5.41, 5.74) is 0.210. The van der Waals surface area contributed by atoms with Gasteiger partial charge in [0.25, 0.3) is 5.56 Å². The molecule has 1 heterocycles. The Morgan fingerprint density at radius 3 is 2.20 bits per heavy atom. The average Bonchev–Trinajstić information content (AvgIpc) is 2.18. The molecule has 0 fully saturated rings. The van der Waals surface area contributed by atoms with E-state index in [2.05, 4.69) is 0 Å². The van der Waals surface area contributed by atoms with Crippen LogP contribution in [0.2, 0.25) is 0 Å². The van der Waals surface area contributed by atoms with Crippen LogP contribution in [0.4, 0.5) is 0 Å². The Morgan fingerprint density at radius 1 is 1.20 bits per heavy atom. The molecule has 5 heteroatoms. The van der Waals surface area contributed by atoms with Gasteiger partial charge in [-0.15, -0.1) is 0 Å². The zero-order valence-corrected chi connectivity index (χ0v) is 9.33. The normalized spacial score (nSPS) is 10.4. The van der Waals surface area contributed by atoms with Crippen LogP contribution < -0.4 is 11.2 Å². The van der Waals surface area contributed by atoms with Gasteiger partial charge in [0.2, 0.25) is 0 Å². The van der Waals surface area contributed by atoms with E-state index in [0.29, 0.717) is 11.3 Å². The van der Waals surface area contributed by atoms with E-state index >= 15 is 0 Å². The number of Topliss-reactive ketones (excluding diaryl/α,β-unsaturated/α-hetero) is 1. The van der Waals surface area contributed by atoms with Crippen LogP contribution in [0, 0.1) is 6.92 Å². The van der Waals surface area contributed by atoms with Gasteiger partial charge in [-0.1, -0.05) is 0 Å². The highest BCUT2D eigenvalue weighted by molar-refractivity contribution is 5.78. The summed E-state index contributed by atoms with van der Waals surface area (Å²) in [7, 11) is 2.99. The van der Waals surface area contributed by atoms with Crippen LogP contribution in [0.1, 0.15) is 18.2 Å². The van der Waals surface area contributed by atoms with Gasteiger partial charge in [0.05, 0.1) is 0 Å². The lowest BCUT2D eigenvalue weighted by molar-refractivity contribution is -0.116. The molecule has 0 N–H and O–H groups in total. The van der Waals surface area contributed by atoms with Crippen LogP contribution in [-0.2, 0) is 25.3 Å². The largest absolute Gasteiger partial charge is 0.330 e. The minimum absolute atomic E-state index is 0.0682. The van der Waals surface area contributed by atoms with Crippen LogP contribution in [-0.4, -0.2) is 14.9 Å². The topological polar surface area (TPSA) is 61.1 Å². The SMILES string of the molecule is CC(=O)Cc1c(C)c(=O)n(C)c(=O)n1C. The predicted octanol–water partition coefficient (Wildman–Crippen LogP) is -0.476. The number of carbonyl (C=O) groups is 1. The van der Waals surface area contributed by atoms with Gasteiger partial charge in [0.1, 0.15) is 5.78 Å². The first kappa shape index (κ1) is 11.4. The molecule has 15 heavy (non-hydrogen) atoms. The number of rotatable bonds is 2. The summed E-state index contributed by atoms with van der Waals surface area (Å²) in [6.07, 6.45) is 0.119. The third-order valence-corrected chi connectivity index (χ3v) is 2.45. The second-order valence-corrected chi connectivity index (χ2v) is 3.66. The van der Waals surface area contributed by atoms with E-state index in [4.69, 9.17) is 0 Å². The van der Waals surface area contributed by atoms with Gasteiger partial charge in [0, 0.05) is 31.8 Å². The summed E-state index contributed by atoms with van der Waals surface area (Å²) < 4.78 is 2.39. The average molecular weight is 210 g/mol. The molecule has 0 aliphatic carbocycles. The molecule has 0 spiro atoms. The summed E-state index contributed by atoms with van der Waals surface area (Å²) >= 11 is 0. The molecule has 0 amide bonds. The first-order valence-corrected chi connectivity index (χ1v) is 4.61. The summed E-state index contributed by atoms with van der Waals surface area (Å²) in [5.74, 6) is -0.0682. The van der Waals surface area contributed by atoms with E-state index in [1.165, 1.54) is 18.5 Å². The molecule has 0 aliphatic heterocycles. The molecule has 0 saturated heterocycles. The first-order chi connectivity index (χ1) is 6.86. The number of ketones is 1. The number of aromatic nitrogens is 2. The van der Waals surface area contributed by atoms with Gasteiger partial charge >= 0.3 is 5.69 Å². The molecule has 0 aromatic carbocycles. The molecule has 82 valence electrons. The van der Waals surface area contributed by atoms with E-state index in [0.717, 1.165) is 4.57 Å². The van der Waals surface area contributed by atoms with Crippen LogP contribution in [0.25, 0.3) is 0 Å². The number of nitrogens with zero attached hydrogens (tertiary/aromatic N) is 2. The Labute approximate surface area is 87.0 Å². The Balaban J connectivity index is 3.60. The number of carbonyl (C=O) groups excluding carboxylic acids is 1. The molecule has 0 bridgehead atoms. The summed E-state index contributed by atoms with van der Waals surface area (Å²) in [6.45, 7) is 3.06. The summed E-state index contributed by atoms with van der Waals surface area (Å²) in [4.78, 5) is 34.1. The van der Waals surface area contributed by atoms with Gasteiger partial charge < -0.3 is 0 Å². The Morgan fingerprint density at radius 2 is 1.73 bits per heavy atom. The van der Waals surface area contributed by atoms with Crippen molar-refractivity contribution in [2.45, 2.75) is 20.3 Å². The Hall–Kier alpha value is -1.65. The molecule has 0 aliphatic rings. The van der Waals surface area contributed by atoms with Crippen molar-refractivity contribution in [1.82, 2.24) is 9.13 Å². The van der Waals surface area contributed by atoms with Crippen molar-refractivity contribution in [3.8, 4) is 0 Å². The molecule has 1 rings (SSSR count). The lowest BCUT2D eigenvalue weighted by atomic mass is 10.1. The monoisotopic (exact) mass is 210 g/mol. The lowest BCUT2D eigenvalue weighted by Gasteiger charge is -2.11. The van der Waals surface area contributed by atoms with Crippen molar-refractivity contribution in [2.75, 3.05) is 0 Å². The molecule has 5 nitrogen and oxygen atoms in total. The third kappa shape index (κ3) is 1.91. The molecule has 0 saturated carbocycles. The van der Waals surface area contributed by atoms with Crippen molar-refractivity contribution >= 4 is 5.78 Å². The number of hydrogen-bond acceptors (Lipinski definition) is 3. The van der Waals surface area contributed by atoms with Crippen LogP contribution in [0.15, 0.2) is 9.59 Å². The van der Waals surface area contributed by atoms with E-state index in [9.17, 15) is 14.4 Å². The van der Waals surface area contributed by atoms with E-state index in [1.54, 1.807) is 14.0 Å². The van der Waals surface area contributed by atoms with Gasteiger partial charge in [-0.3, -0.25) is 18.7 Å². The van der Waals surface area contributed by atoms with Crippen molar-refractivity contribution in [3.05, 3.63) is 32.1 Å². The van der Waals surface area contributed by atoms with Crippen molar-refractivity contribution in [2.24, 2.45) is 14.1 Å². The van der Waals surface area contributed by atoms with E-state index in [-0.39, 0.29) is 17.8 Å². The molecule has 1 aromatic rings. The van der Waals surface area contributed by atoms with Crippen LogP contribution in [0.5, 0.6) is 0 Å². The minimum atomic E-state index is -0.401. The standard InChI is InChI=1S/C10H14N2O3/c1-6(13)5-8-7(2)9(14)12(4)10(15)11(8)3/h5H2,1-4H3. The highest BCUT2D eigenvalue weighted by Crippen LogP contribution is 2.00. The minimum Gasteiger partial charge on any atom is -0.300 e. The third-order valence-electron chi connectivity index (χ3n) is 2.45. The Kier molecular flexibility index (Phi) is 2.93. The van der Waals surface area contributed by atoms with Crippen molar-refractivity contribution < 1.29 is 4.79 Å². The molecule has 0 atom stereocenters. The maximum Gasteiger partial charge on any atom is 0.330 e. The fourth-order valence-corrected chi connectivity index (χ4v) is 1.54. The smallest absolute Gasteiger partial charge is 0.300 e. The van der Waals surface area contributed by atoms with E-state index < -0.39 is 5.69 Å². The van der Waals surface area contributed by atoms with Gasteiger partial charge in [-0.2, -0.15) is 0 Å². The van der Waals surface area contributed by atoms with Crippen LogP contribution >= 0.6 is 0 Å². The molecular formula is C10H14N2O3. The highest BCUT2D eigenvalue weighted by atomic mass is 16.2. The fourth-order valence-electron chi connectivity index (χ4n) is 1.54. The van der Waals surface area contributed by atoms with Crippen LogP contribution in [0.3, 0.4) is 0 Å².